The largest absolute Gasteiger partial charge is 0.366 e. The van der Waals surface area contributed by atoms with Crippen LogP contribution in [0.4, 0.5) is 5.82 Å². The lowest BCUT2D eigenvalue weighted by Crippen LogP contribution is -2.41. The normalized spacial score (nSPS) is 17.8. The summed E-state index contributed by atoms with van der Waals surface area (Å²) in [5, 5.41) is 12.0. The van der Waals surface area contributed by atoms with Gasteiger partial charge >= 0.3 is 0 Å². The van der Waals surface area contributed by atoms with E-state index in [1.165, 1.54) is 23.6 Å². The van der Waals surface area contributed by atoms with Crippen LogP contribution in [0.25, 0.3) is 6.08 Å². The van der Waals surface area contributed by atoms with Crippen LogP contribution in [0.15, 0.2) is 48.7 Å². The average Bonchev–Trinajstić information content (AvgIpc) is 2.69. The molecular weight excluding hydrogens is 340 g/mol. The number of hydroxylamine groups is 1. The molecule has 1 aromatic heterocycles. The van der Waals surface area contributed by atoms with Crippen LogP contribution in [-0.4, -0.2) is 40.1 Å². The molecule has 1 fully saturated rings. The van der Waals surface area contributed by atoms with Gasteiger partial charge in [-0.15, -0.1) is 0 Å². The molecule has 6 heteroatoms. The second-order valence-corrected chi connectivity index (χ2v) is 6.99. The van der Waals surface area contributed by atoms with Crippen molar-refractivity contribution in [1.29, 1.82) is 0 Å². The van der Waals surface area contributed by atoms with E-state index in [0.717, 1.165) is 37.4 Å². The molecule has 27 heavy (non-hydrogen) atoms. The first kappa shape index (κ1) is 19.1. The van der Waals surface area contributed by atoms with E-state index >= 15 is 0 Å². The van der Waals surface area contributed by atoms with Crippen molar-refractivity contribution in [3.05, 3.63) is 65.4 Å². The van der Waals surface area contributed by atoms with E-state index in [-0.39, 0.29) is 0 Å². The van der Waals surface area contributed by atoms with E-state index in [4.69, 9.17) is 5.21 Å². The van der Waals surface area contributed by atoms with Crippen LogP contribution in [0.3, 0.4) is 0 Å². The van der Waals surface area contributed by atoms with Gasteiger partial charge in [-0.2, -0.15) is 0 Å². The Morgan fingerprint density at radius 2 is 2.11 bits per heavy atom. The summed E-state index contributed by atoms with van der Waals surface area (Å²) in [7, 11) is 0. The first-order valence-corrected chi connectivity index (χ1v) is 9.25. The van der Waals surface area contributed by atoms with Crippen LogP contribution in [0, 0.1) is 6.92 Å². The van der Waals surface area contributed by atoms with Crippen molar-refractivity contribution in [2.24, 2.45) is 0 Å². The number of carbonyl (C=O) groups excluding carboxylic acids is 1. The predicted molar refractivity (Wildman–Crippen MR) is 106 cm³/mol. The van der Waals surface area contributed by atoms with E-state index in [2.05, 4.69) is 46.4 Å². The summed E-state index contributed by atoms with van der Waals surface area (Å²) in [5.41, 5.74) is 5.00. The van der Waals surface area contributed by atoms with Gasteiger partial charge in [0.15, 0.2) is 0 Å². The highest BCUT2D eigenvalue weighted by atomic mass is 16.5. The summed E-state index contributed by atoms with van der Waals surface area (Å²) in [6.07, 6.45) is 6.86. The summed E-state index contributed by atoms with van der Waals surface area (Å²) >= 11 is 0. The maximum atomic E-state index is 11.0. The van der Waals surface area contributed by atoms with Gasteiger partial charge in [-0.25, -0.2) is 10.5 Å². The monoisotopic (exact) mass is 366 g/mol. The van der Waals surface area contributed by atoms with E-state index in [0.29, 0.717) is 6.04 Å². The van der Waals surface area contributed by atoms with Crippen molar-refractivity contribution in [2.75, 3.05) is 18.4 Å². The van der Waals surface area contributed by atoms with E-state index in [1.54, 1.807) is 17.8 Å². The molecule has 2 aromatic rings. The number of pyridine rings is 1. The number of nitrogens with one attached hydrogen (secondary N) is 2. The highest BCUT2D eigenvalue weighted by molar-refractivity contribution is 5.90. The lowest BCUT2D eigenvalue weighted by Gasteiger charge is -2.33. The van der Waals surface area contributed by atoms with Gasteiger partial charge in [0.1, 0.15) is 5.82 Å². The summed E-state index contributed by atoms with van der Waals surface area (Å²) in [6.45, 7) is 5.20. The number of likely N-dealkylation sites (tertiary alicyclic amines) is 1. The van der Waals surface area contributed by atoms with Gasteiger partial charge in [0, 0.05) is 31.4 Å². The van der Waals surface area contributed by atoms with Crippen LogP contribution >= 0.6 is 0 Å². The summed E-state index contributed by atoms with van der Waals surface area (Å²) in [5.74, 6) is 0.272. The highest BCUT2D eigenvalue weighted by Crippen LogP contribution is 2.17. The fraction of sp³-hybridized carbons (Fsp3) is 0.333. The van der Waals surface area contributed by atoms with Gasteiger partial charge in [0.25, 0.3) is 5.91 Å². The SMILES string of the molecule is Cc1ccc(CN2CCC[C@@H](Nc3ccc(/C=C/C(=O)NO)cn3)C2)cc1. The minimum atomic E-state index is -0.562. The van der Waals surface area contributed by atoms with Gasteiger partial charge in [-0.3, -0.25) is 14.9 Å². The number of nitrogens with zero attached hydrogens (tertiary/aromatic N) is 2. The molecule has 3 N–H and O–H groups in total. The number of aryl methyl sites for hydroxylation is 1. The molecule has 1 aliphatic rings. The number of amides is 1. The zero-order valence-electron chi connectivity index (χ0n) is 15.6. The number of carbonyl (C=O) groups is 1. The molecule has 0 spiro atoms. The first-order valence-electron chi connectivity index (χ1n) is 9.25. The van der Waals surface area contributed by atoms with Gasteiger partial charge in [0.2, 0.25) is 0 Å². The molecule has 1 aromatic carbocycles. The zero-order valence-corrected chi connectivity index (χ0v) is 15.6. The third-order valence-corrected chi connectivity index (χ3v) is 4.71. The fourth-order valence-electron chi connectivity index (χ4n) is 3.28. The molecule has 1 saturated heterocycles. The smallest absolute Gasteiger partial charge is 0.267 e. The Morgan fingerprint density at radius 3 is 2.81 bits per heavy atom. The lowest BCUT2D eigenvalue weighted by atomic mass is 10.0. The van der Waals surface area contributed by atoms with Gasteiger partial charge in [0.05, 0.1) is 0 Å². The molecule has 6 nitrogen and oxygen atoms in total. The Labute approximate surface area is 159 Å². The molecule has 0 unspecified atom stereocenters. The number of aromatic nitrogens is 1. The molecule has 0 aliphatic carbocycles. The molecule has 0 saturated carbocycles. The Balaban J connectivity index is 1.53. The average molecular weight is 366 g/mol. The molecule has 142 valence electrons. The van der Waals surface area contributed by atoms with Gasteiger partial charge in [-0.1, -0.05) is 29.8 Å². The van der Waals surface area contributed by atoms with Gasteiger partial charge in [-0.05, 0) is 55.6 Å². The van der Waals surface area contributed by atoms with Crippen molar-refractivity contribution < 1.29 is 10.0 Å². The Hall–Kier alpha value is -2.70. The fourth-order valence-corrected chi connectivity index (χ4v) is 3.28. The van der Waals surface area contributed by atoms with E-state index in [1.807, 2.05) is 12.1 Å². The van der Waals surface area contributed by atoms with Crippen molar-refractivity contribution in [3.8, 4) is 0 Å². The van der Waals surface area contributed by atoms with E-state index in [9.17, 15) is 4.79 Å². The van der Waals surface area contributed by atoms with Crippen LogP contribution < -0.4 is 10.8 Å². The molecular formula is C21H26N4O2. The Morgan fingerprint density at radius 1 is 1.30 bits per heavy atom. The topological polar surface area (TPSA) is 77.5 Å². The van der Waals surface area contributed by atoms with Crippen LogP contribution in [0.2, 0.25) is 0 Å². The number of anilines is 1. The van der Waals surface area contributed by atoms with Crippen molar-refractivity contribution in [1.82, 2.24) is 15.4 Å². The van der Waals surface area contributed by atoms with Crippen LogP contribution in [0.1, 0.15) is 29.5 Å². The molecule has 1 amide bonds. The number of benzene rings is 1. The molecule has 2 heterocycles. The lowest BCUT2D eigenvalue weighted by molar-refractivity contribution is -0.124. The molecule has 0 bridgehead atoms. The third-order valence-electron chi connectivity index (χ3n) is 4.71. The third kappa shape index (κ3) is 5.91. The molecule has 3 rings (SSSR count). The van der Waals surface area contributed by atoms with Crippen molar-refractivity contribution in [2.45, 2.75) is 32.4 Å². The highest BCUT2D eigenvalue weighted by Gasteiger charge is 2.20. The van der Waals surface area contributed by atoms with E-state index < -0.39 is 5.91 Å². The second-order valence-electron chi connectivity index (χ2n) is 6.99. The maximum Gasteiger partial charge on any atom is 0.267 e. The number of hydrogen-bond donors (Lipinski definition) is 3. The van der Waals surface area contributed by atoms with Gasteiger partial charge < -0.3 is 5.32 Å². The summed E-state index contributed by atoms with van der Waals surface area (Å²) in [4.78, 5) is 17.9. The van der Waals surface area contributed by atoms with Crippen molar-refractivity contribution >= 4 is 17.8 Å². The number of hydrogen-bond acceptors (Lipinski definition) is 5. The Bertz CT molecular complexity index is 772. The van der Waals surface area contributed by atoms with Crippen molar-refractivity contribution in [3.63, 3.8) is 0 Å². The Kier molecular flexibility index (Phi) is 6.57. The quantitative estimate of drug-likeness (QED) is 0.416. The minimum Gasteiger partial charge on any atom is -0.366 e. The second kappa shape index (κ2) is 9.30. The summed E-state index contributed by atoms with van der Waals surface area (Å²) < 4.78 is 0. The first-order chi connectivity index (χ1) is 13.1. The van der Waals surface area contributed by atoms with Crippen LogP contribution in [-0.2, 0) is 11.3 Å². The molecule has 0 radical (unpaired) electrons. The number of rotatable bonds is 6. The van der Waals surface area contributed by atoms with Crippen LogP contribution in [0.5, 0.6) is 0 Å². The molecule has 1 aliphatic heterocycles. The molecule has 1 atom stereocenters. The number of piperidine rings is 1. The summed E-state index contributed by atoms with van der Waals surface area (Å²) in [6, 6.07) is 12.9. The predicted octanol–water partition coefficient (Wildman–Crippen LogP) is 2.99. The minimum absolute atomic E-state index is 0.373. The zero-order chi connectivity index (χ0) is 19.1. The standard InChI is InChI=1S/C21H26N4O2/c1-16-4-6-18(7-5-16)14-25-12-2-3-19(15-25)23-20-10-8-17(13-22-20)9-11-21(26)24-27/h4-11,13,19,27H,2-3,12,14-15H2,1H3,(H,22,23)(H,24,26)/b11-9+/t19-/m1/s1. The maximum absolute atomic E-state index is 11.0.